The molecule has 1 aliphatic rings. The van der Waals surface area contributed by atoms with Gasteiger partial charge >= 0.3 is 0 Å². The maximum absolute atomic E-state index is 11.5. The molecule has 1 amide bonds. The summed E-state index contributed by atoms with van der Waals surface area (Å²) in [5, 5.41) is 6.18. The fourth-order valence-electron chi connectivity index (χ4n) is 1.85. The van der Waals surface area contributed by atoms with Crippen LogP contribution in [0.1, 0.15) is 5.76 Å². The molecule has 0 radical (unpaired) electrons. The Morgan fingerprint density at radius 1 is 1.20 bits per heavy atom. The SMILES string of the molecule is O=C1NC(=S)NC1=Cc1ccc(-c2cccc(Cl)c2)o1. The topological polar surface area (TPSA) is 54.3 Å². The first-order valence-corrected chi connectivity index (χ1v) is 6.60. The number of nitrogens with one attached hydrogen (secondary N) is 2. The van der Waals surface area contributed by atoms with E-state index in [1.54, 1.807) is 18.2 Å². The van der Waals surface area contributed by atoms with E-state index in [1.165, 1.54) is 0 Å². The van der Waals surface area contributed by atoms with Crippen LogP contribution in [0.5, 0.6) is 0 Å². The number of amides is 1. The van der Waals surface area contributed by atoms with Crippen molar-refractivity contribution in [1.29, 1.82) is 0 Å². The van der Waals surface area contributed by atoms with Crippen molar-refractivity contribution in [2.24, 2.45) is 0 Å². The summed E-state index contributed by atoms with van der Waals surface area (Å²) in [7, 11) is 0. The van der Waals surface area contributed by atoms with E-state index in [-0.39, 0.29) is 5.91 Å². The van der Waals surface area contributed by atoms with E-state index in [0.29, 0.717) is 27.4 Å². The van der Waals surface area contributed by atoms with Crippen LogP contribution in [0.15, 0.2) is 46.5 Å². The molecule has 1 aromatic heterocycles. The smallest absolute Gasteiger partial charge is 0.274 e. The molecule has 0 unspecified atom stereocenters. The Morgan fingerprint density at radius 3 is 2.75 bits per heavy atom. The fraction of sp³-hybridized carbons (Fsp3) is 0. The van der Waals surface area contributed by atoms with Crippen LogP contribution >= 0.6 is 23.8 Å². The van der Waals surface area contributed by atoms with Crippen molar-refractivity contribution in [2.75, 3.05) is 0 Å². The number of furan rings is 1. The maximum Gasteiger partial charge on any atom is 0.274 e. The average molecular weight is 305 g/mol. The van der Waals surface area contributed by atoms with Gasteiger partial charge in [0.1, 0.15) is 17.2 Å². The molecule has 100 valence electrons. The summed E-state index contributed by atoms with van der Waals surface area (Å²) in [6.07, 6.45) is 1.60. The lowest BCUT2D eigenvalue weighted by Crippen LogP contribution is -2.21. The van der Waals surface area contributed by atoms with E-state index >= 15 is 0 Å². The fourth-order valence-corrected chi connectivity index (χ4v) is 2.24. The molecule has 2 N–H and O–H groups in total. The van der Waals surface area contributed by atoms with E-state index in [4.69, 9.17) is 28.2 Å². The van der Waals surface area contributed by atoms with Gasteiger partial charge < -0.3 is 9.73 Å². The lowest BCUT2D eigenvalue weighted by atomic mass is 10.2. The van der Waals surface area contributed by atoms with Gasteiger partial charge in [-0.15, -0.1) is 0 Å². The van der Waals surface area contributed by atoms with E-state index in [1.807, 2.05) is 24.3 Å². The summed E-state index contributed by atoms with van der Waals surface area (Å²) >= 11 is 10.8. The first kappa shape index (κ1) is 12.9. The minimum Gasteiger partial charge on any atom is -0.457 e. The molecule has 1 saturated heterocycles. The van der Waals surface area contributed by atoms with E-state index in [0.717, 1.165) is 5.56 Å². The van der Waals surface area contributed by atoms with Crippen molar-refractivity contribution in [3.05, 3.63) is 52.9 Å². The first-order valence-electron chi connectivity index (χ1n) is 5.81. The molecule has 0 spiro atoms. The van der Waals surface area contributed by atoms with Crippen molar-refractivity contribution in [2.45, 2.75) is 0 Å². The second-order valence-electron chi connectivity index (χ2n) is 4.18. The van der Waals surface area contributed by atoms with Crippen molar-refractivity contribution in [1.82, 2.24) is 10.6 Å². The Labute approximate surface area is 125 Å². The molecule has 3 rings (SSSR count). The van der Waals surface area contributed by atoms with Gasteiger partial charge in [0.2, 0.25) is 0 Å². The van der Waals surface area contributed by atoms with Gasteiger partial charge in [-0.1, -0.05) is 23.7 Å². The number of halogens is 1. The molecule has 1 aliphatic heterocycles. The number of hydrogen-bond donors (Lipinski definition) is 2. The molecule has 0 aliphatic carbocycles. The molecule has 0 atom stereocenters. The molecule has 2 heterocycles. The van der Waals surface area contributed by atoms with Gasteiger partial charge in [0.25, 0.3) is 5.91 Å². The van der Waals surface area contributed by atoms with Crippen molar-refractivity contribution >= 4 is 40.9 Å². The molecule has 6 heteroatoms. The van der Waals surface area contributed by atoms with E-state index in [2.05, 4.69) is 10.6 Å². The van der Waals surface area contributed by atoms with Gasteiger partial charge in [0.15, 0.2) is 5.11 Å². The quantitative estimate of drug-likeness (QED) is 0.661. The highest BCUT2D eigenvalue weighted by Gasteiger charge is 2.20. The van der Waals surface area contributed by atoms with Crippen LogP contribution in [0.4, 0.5) is 0 Å². The lowest BCUT2D eigenvalue weighted by molar-refractivity contribution is -0.115. The Morgan fingerprint density at radius 2 is 2.05 bits per heavy atom. The number of carbonyl (C=O) groups excluding carboxylic acids is 1. The summed E-state index contributed by atoms with van der Waals surface area (Å²) in [6, 6.07) is 11.0. The molecule has 1 aromatic carbocycles. The molecule has 0 bridgehead atoms. The molecule has 0 saturated carbocycles. The van der Waals surface area contributed by atoms with Crippen LogP contribution in [0.2, 0.25) is 5.02 Å². The van der Waals surface area contributed by atoms with Crippen LogP contribution in [0.25, 0.3) is 17.4 Å². The monoisotopic (exact) mass is 304 g/mol. The predicted molar refractivity (Wildman–Crippen MR) is 81.0 cm³/mol. The van der Waals surface area contributed by atoms with E-state index in [9.17, 15) is 4.79 Å². The summed E-state index contributed by atoms with van der Waals surface area (Å²) in [5.41, 5.74) is 1.24. The number of rotatable bonds is 2. The standard InChI is InChI=1S/C14H9ClN2O2S/c15-9-3-1-2-8(6-9)12-5-4-10(19-12)7-11-13(18)17-14(20)16-11/h1-7H,(H2,16,17,18,20). The minimum absolute atomic E-state index is 0.268. The summed E-state index contributed by atoms with van der Waals surface area (Å²) in [6.45, 7) is 0. The second-order valence-corrected chi connectivity index (χ2v) is 5.02. The molecule has 20 heavy (non-hydrogen) atoms. The predicted octanol–water partition coefficient (Wildman–Crippen LogP) is 2.95. The molecule has 4 nitrogen and oxygen atoms in total. The van der Waals surface area contributed by atoms with Crippen molar-refractivity contribution in [3.8, 4) is 11.3 Å². The maximum atomic E-state index is 11.5. The Bertz CT molecular complexity index is 736. The van der Waals surface area contributed by atoms with Crippen LogP contribution < -0.4 is 10.6 Å². The van der Waals surface area contributed by atoms with Gasteiger partial charge in [-0.25, -0.2) is 0 Å². The first-order chi connectivity index (χ1) is 9.61. The number of hydrogen-bond acceptors (Lipinski definition) is 3. The van der Waals surface area contributed by atoms with Gasteiger partial charge in [0.05, 0.1) is 0 Å². The van der Waals surface area contributed by atoms with Crippen molar-refractivity contribution in [3.63, 3.8) is 0 Å². The molecule has 1 fully saturated rings. The number of benzene rings is 1. The number of carbonyl (C=O) groups is 1. The molecular weight excluding hydrogens is 296 g/mol. The van der Waals surface area contributed by atoms with Crippen molar-refractivity contribution < 1.29 is 9.21 Å². The summed E-state index contributed by atoms with van der Waals surface area (Å²) in [5.74, 6) is 0.971. The Balaban J connectivity index is 1.89. The van der Waals surface area contributed by atoms with Crippen LogP contribution in [0, 0.1) is 0 Å². The Kier molecular flexibility index (Phi) is 3.30. The zero-order chi connectivity index (χ0) is 14.1. The van der Waals surface area contributed by atoms with Gasteiger partial charge in [-0.2, -0.15) is 0 Å². The third kappa shape index (κ3) is 2.59. The van der Waals surface area contributed by atoms with E-state index < -0.39 is 0 Å². The summed E-state index contributed by atoms with van der Waals surface area (Å²) < 4.78 is 5.67. The molecule has 2 aromatic rings. The Hall–Kier alpha value is -2.11. The highest BCUT2D eigenvalue weighted by atomic mass is 35.5. The third-order valence-corrected chi connectivity index (χ3v) is 3.18. The van der Waals surface area contributed by atoms with Crippen LogP contribution in [-0.4, -0.2) is 11.0 Å². The zero-order valence-electron chi connectivity index (χ0n) is 10.1. The average Bonchev–Trinajstić information content (AvgIpc) is 2.97. The zero-order valence-corrected chi connectivity index (χ0v) is 11.7. The second kappa shape index (κ2) is 5.11. The largest absolute Gasteiger partial charge is 0.457 e. The van der Waals surface area contributed by atoms with Crippen LogP contribution in [-0.2, 0) is 4.79 Å². The third-order valence-electron chi connectivity index (χ3n) is 2.74. The highest BCUT2D eigenvalue weighted by molar-refractivity contribution is 7.80. The lowest BCUT2D eigenvalue weighted by Gasteiger charge is -1.97. The summed E-state index contributed by atoms with van der Waals surface area (Å²) in [4.78, 5) is 11.5. The highest BCUT2D eigenvalue weighted by Crippen LogP contribution is 2.25. The van der Waals surface area contributed by atoms with Gasteiger partial charge in [-0.3, -0.25) is 10.1 Å². The molecular formula is C14H9ClN2O2S. The van der Waals surface area contributed by atoms with Gasteiger partial charge in [0, 0.05) is 16.7 Å². The minimum atomic E-state index is -0.268. The number of thiocarbonyl (C=S) groups is 1. The normalized spacial score (nSPS) is 16.4. The van der Waals surface area contributed by atoms with Crippen LogP contribution in [0.3, 0.4) is 0 Å². The van der Waals surface area contributed by atoms with Gasteiger partial charge in [-0.05, 0) is 36.5 Å².